The summed E-state index contributed by atoms with van der Waals surface area (Å²) in [7, 11) is 1.86. The Morgan fingerprint density at radius 1 is 1.33 bits per heavy atom. The first-order valence-electron chi connectivity index (χ1n) is 8.10. The molecule has 0 radical (unpaired) electrons. The zero-order chi connectivity index (χ0) is 16.7. The fraction of sp³-hybridized carbons (Fsp3) is 0.438. The van der Waals surface area contributed by atoms with Crippen LogP contribution in [0, 0.1) is 6.92 Å². The van der Waals surface area contributed by atoms with Crippen molar-refractivity contribution >= 4 is 16.9 Å². The average Bonchev–Trinajstić information content (AvgIpc) is 3.23. The predicted molar refractivity (Wildman–Crippen MR) is 87.3 cm³/mol. The maximum Gasteiger partial charge on any atom is 0.256 e. The first-order valence-corrected chi connectivity index (χ1v) is 8.10. The van der Waals surface area contributed by atoms with Crippen LogP contribution in [0.15, 0.2) is 18.6 Å². The highest BCUT2D eigenvalue weighted by atomic mass is 16.2. The number of aromatic amines is 1. The van der Waals surface area contributed by atoms with Crippen molar-refractivity contribution < 1.29 is 4.79 Å². The Morgan fingerprint density at radius 2 is 2.21 bits per heavy atom. The van der Waals surface area contributed by atoms with Gasteiger partial charge in [0.25, 0.3) is 5.91 Å². The Labute approximate surface area is 138 Å². The molecule has 0 aromatic carbocycles. The van der Waals surface area contributed by atoms with Crippen molar-refractivity contribution in [1.82, 2.24) is 34.8 Å². The third-order valence-electron chi connectivity index (χ3n) is 4.62. The number of hydrogen-bond acceptors (Lipinski definition) is 5. The lowest BCUT2D eigenvalue weighted by Gasteiger charge is -2.34. The molecule has 0 bridgehead atoms. The number of likely N-dealkylation sites (tertiary alicyclic amines) is 1. The molecule has 1 saturated heterocycles. The van der Waals surface area contributed by atoms with Gasteiger partial charge in [0, 0.05) is 25.2 Å². The van der Waals surface area contributed by atoms with Crippen LogP contribution in [-0.2, 0) is 7.05 Å². The Hall–Kier alpha value is -2.77. The summed E-state index contributed by atoms with van der Waals surface area (Å²) in [6.45, 7) is 2.64. The number of fused-ring (bicyclic) bond motifs is 1. The molecule has 4 heterocycles. The van der Waals surface area contributed by atoms with E-state index in [0.29, 0.717) is 12.1 Å². The Balaban J connectivity index is 1.70. The van der Waals surface area contributed by atoms with E-state index in [2.05, 4.69) is 25.3 Å². The summed E-state index contributed by atoms with van der Waals surface area (Å²) in [5, 5.41) is 12.1. The lowest BCUT2D eigenvalue weighted by atomic mass is 10.0. The number of pyridine rings is 1. The second-order valence-electron chi connectivity index (χ2n) is 6.19. The molecular weight excluding hydrogens is 306 g/mol. The predicted octanol–water partition coefficient (Wildman–Crippen LogP) is 1.76. The van der Waals surface area contributed by atoms with Crippen molar-refractivity contribution in [2.24, 2.45) is 7.05 Å². The van der Waals surface area contributed by atoms with Crippen LogP contribution in [0.2, 0.25) is 0 Å². The number of carbonyl (C=O) groups excluding carboxylic acids is 1. The largest absolute Gasteiger partial charge is 0.328 e. The number of aryl methyl sites for hydroxylation is 2. The summed E-state index contributed by atoms with van der Waals surface area (Å²) in [4.78, 5) is 23.6. The smallest absolute Gasteiger partial charge is 0.256 e. The minimum absolute atomic E-state index is 0.0197. The van der Waals surface area contributed by atoms with Crippen LogP contribution in [0.3, 0.4) is 0 Å². The number of rotatable bonds is 2. The second-order valence-corrected chi connectivity index (χ2v) is 6.19. The fourth-order valence-electron chi connectivity index (χ4n) is 3.43. The second kappa shape index (κ2) is 5.70. The summed E-state index contributed by atoms with van der Waals surface area (Å²) in [5.74, 6) is 0.725. The van der Waals surface area contributed by atoms with Crippen LogP contribution in [0.5, 0.6) is 0 Å². The highest BCUT2D eigenvalue weighted by Crippen LogP contribution is 2.30. The van der Waals surface area contributed by atoms with Crippen molar-refractivity contribution in [1.29, 1.82) is 0 Å². The molecule has 0 aliphatic carbocycles. The van der Waals surface area contributed by atoms with Gasteiger partial charge in [0.2, 0.25) is 0 Å². The van der Waals surface area contributed by atoms with Crippen LogP contribution in [0.4, 0.5) is 0 Å². The molecule has 1 aliphatic heterocycles. The van der Waals surface area contributed by atoms with Gasteiger partial charge in [0.1, 0.15) is 12.2 Å². The molecule has 0 spiro atoms. The standard InChI is InChI=1S/C16H19N7O/c1-10-12-7-11(8-17-15(12)22(2)21-10)16(24)23-6-4-3-5-13(23)14-18-9-19-20-14/h7-9,13H,3-6H2,1-2H3,(H,18,19,20)/t13-/m0/s1. The van der Waals surface area contributed by atoms with Crippen molar-refractivity contribution in [2.75, 3.05) is 6.54 Å². The van der Waals surface area contributed by atoms with Gasteiger partial charge in [-0.1, -0.05) is 0 Å². The third-order valence-corrected chi connectivity index (χ3v) is 4.62. The highest BCUT2D eigenvalue weighted by Gasteiger charge is 2.31. The fourth-order valence-corrected chi connectivity index (χ4v) is 3.43. The molecule has 124 valence electrons. The molecule has 8 heteroatoms. The Kier molecular flexibility index (Phi) is 3.51. The molecule has 3 aromatic heterocycles. The van der Waals surface area contributed by atoms with Crippen molar-refractivity contribution in [2.45, 2.75) is 32.2 Å². The van der Waals surface area contributed by atoms with Crippen molar-refractivity contribution in [3.05, 3.63) is 35.7 Å². The van der Waals surface area contributed by atoms with E-state index in [1.54, 1.807) is 10.9 Å². The van der Waals surface area contributed by atoms with E-state index >= 15 is 0 Å². The molecular formula is C16H19N7O. The highest BCUT2D eigenvalue weighted by molar-refractivity contribution is 5.97. The molecule has 0 unspecified atom stereocenters. The Bertz CT molecular complexity index is 883. The number of nitrogens with zero attached hydrogens (tertiary/aromatic N) is 6. The molecule has 4 rings (SSSR count). The zero-order valence-electron chi connectivity index (χ0n) is 13.7. The number of aromatic nitrogens is 6. The summed E-state index contributed by atoms with van der Waals surface area (Å²) < 4.78 is 1.73. The lowest BCUT2D eigenvalue weighted by Crippen LogP contribution is -2.39. The molecule has 8 nitrogen and oxygen atoms in total. The average molecular weight is 325 g/mol. The number of amides is 1. The number of nitrogens with one attached hydrogen (secondary N) is 1. The number of H-pyrrole nitrogens is 1. The number of hydrogen-bond donors (Lipinski definition) is 1. The van der Waals surface area contributed by atoms with Crippen LogP contribution < -0.4 is 0 Å². The number of carbonyl (C=O) groups is 1. The van der Waals surface area contributed by atoms with Gasteiger partial charge in [-0.25, -0.2) is 9.97 Å². The quantitative estimate of drug-likeness (QED) is 0.775. The van der Waals surface area contributed by atoms with Gasteiger partial charge in [0.15, 0.2) is 5.65 Å². The van der Waals surface area contributed by atoms with Crippen LogP contribution in [0.1, 0.15) is 47.2 Å². The minimum atomic E-state index is -0.0561. The van der Waals surface area contributed by atoms with Gasteiger partial charge >= 0.3 is 0 Å². The van der Waals surface area contributed by atoms with Crippen LogP contribution in [0.25, 0.3) is 11.0 Å². The van der Waals surface area contributed by atoms with Gasteiger partial charge in [-0.3, -0.25) is 14.6 Å². The van der Waals surface area contributed by atoms with Gasteiger partial charge in [-0.05, 0) is 32.3 Å². The zero-order valence-corrected chi connectivity index (χ0v) is 13.7. The van der Waals surface area contributed by atoms with E-state index in [4.69, 9.17) is 0 Å². The van der Waals surface area contributed by atoms with E-state index in [9.17, 15) is 4.79 Å². The lowest BCUT2D eigenvalue weighted by molar-refractivity contribution is 0.0600. The monoisotopic (exact) mass is 325 g/mol. The van der Waals surface area contributed by atoms with E-state index in [-0.39, 0.29) is 11.9 Å². The molecule has 1 N–H and O–H groups in total. The normalized spacial score (nSPS) is 18.2. The summed E-state index contributed by atoms with van der Waals surface area (Å²) in [6.07, 6.45) is 6.09. The van der Waals surface area contributed by atoms with Gasteiger partial charge in [-0.15, -0.1) is 0 Å². The number of piperidine rings is 1. The van der Waals surface area contributed by atoms with Crippen molar-refractivity contribution in [3.8, 4) is 0 Å². The first-order chi connectivity index (χ1) is 11.6. The van der Waals surface area contributed by atoms with E-state index < -0.39 is 0 Å². The molecule has 24 heavy (non-hydrogen) atoms. The maximum atomic E-state index is 13.1. The molecule has 1 amide bonds. The Morgan fingerprint density at radius 3 is 3.00 bits per heavy atom. The first kappa shape index (κ1) is 14.8. The topological polar surface area (TPSA) is 92.6 Å². The molecule has 1 atom stereocenters. The van der Waals surface area contributed by atoms with E-state index in [1.165, 1.54) is 6.33 Å². The maximum absolute atomic E-state index is 13.1. The summed E-state index contributed by atoms with van der Waals surface area (Å²) in [5.41, 5.74) is 2.25. The van der Waals surface area contributed by atoms with E-state index in [0.717, 1.165) is 41.8 Å². The van der Waals surface area contributed by atoms with Crippen LogP contribution in [-0.4, -0.2) is 47.3 Å². The summed E-state index contributed by atoms with van der Waals surface area (Å²) in [6, 6.07) is 1.83. The molecule has 1 aliphatic rings. The van der Waals surface area contributed by atoms with Gasteiger partial charge in [-0.2, -0.15) is 10.2 Å². The molecule has 0 saturated carbocycles. The van der Waals surface area contributed by atoms with E-state index in [1.807, 2.05) is 24.9 Å². The van der Waals surface area contributed by atoms with Crippen molar-refractivity contribution in [3.63, 3.8) is 0 Å². The molecule has 1 fully saturated rings. The minimum Gasteiger partial charge on any atom is -0.328 e. The SMILES string of the molecule is Cc1nn(C)c2ncc(C(=O)N3CCCC[C@H]3c3ncn[nH]3)cc12. The van der Waals surface area contributed by atoms with Crippen LogP contribution >= 0.6 is 0 Å². The third kappa shape index (κ3) is 2.34. The summed E-state index contributed by atoms with van der Waals surface area (Å²) >= 11 is 0. The van der Waals surface area contributed by atoms with Gasteiger partial charge < -0.3 is 4.90 Å². The van der Waals surface area contributed by atoms with Gasteiger partial charge in [0.05, 0.1) is 17.3 Å². The molecule has 3 aromatic rings.